The molecule has 1 atom stereocenters. The number of nitrogens with zero attached hydrogens (tertiary/aromatic N) is 3. The van der Waals surface area contributed by atoms with Gasteiger partial charge in [-0.3, -0.25) is 14.5 Å². The van der Waals surface area contributed by atoms with Gasteiger partial charge in [0.2, 0.25) is 11.8 Å². The maximum absolute atomic E-state index is 11.8. The largest absolute Gasteiger partial charge is 0.312 e. The van der Waals surface area contributed by atoms with Crippen molar-refractivity contribution in [3.8, 4) is 0 Å². The molecule has 2 fully saturated rings. The lowest BCUT2D eigenvalue weighted by molar-refractivity contribution is -0.129. The van der Waals surface area contributed by atoms with E-state index in [1.807, 2.05) is 12.1 Å². The van der Waals surface area contributed by atoms with Gasteiger partial charge in [0, 0.05) is 12.6 Å². The molecule has 5 heteroatoms. The number of carbonyl (C=O) groups is 2. The summed E-state index contributed by atoms with van der Waals surface area (Å²) in [6, 6.07) is 5.45. The van der Waals surface area contributed by atoms with Crippen LogP contribution in [0.1, 0.15) is 12.8 Å². The first-order chi connectivity index (χ1) is 7.77. The van der Waals surface area contributed by atoms with Crippen LogP contribution in [-0.4, -0.2) is 34.4 Å². The van der Waals surface area contributed by atoms with Crippen molar-refractivity contribution in [1.29, 1.82) is 0 Å². The second-order valence-electron chi connectivity index (χ2n) is 3.99. The Morgan fingerprint density at radius 2 is 2.12 bits per heavy atom. The molecule has 82 valence electrons. The van der Waals surface area contributed by atoms with E-state index in [0.717, 1.165) is 0 Å². The van der Waals surface area contributed by atoms with E-state index in [-0.39, 0.29) is 24.5 Å². The molecule has 2 aliphatic rings. The Bertz CT molecular complexity index is 446. The van der Waals surface area contributed by atoms with E-state index in [4.69, 9.17) is 0 Å². The molecule has 3 rings (SSSR count). The Morgan fingerprint density at radius 1 is 1.25 bits per heavy atom. The molecule has 16 heavy (non-hydrogen) atoms. The van der Waals surface area contributed by atoms with E-state index in [1.54, 1.807) is 22.1 Å². The lowest BCUT2D eigenvalue weighted by atomic mass is 10.3. The third kappa shape index (κ3) is 1.21. The minimum atomic E-state index is -0.116. The summed E-state index contributed by atoms with van der Waals surface area (Å²) in [5, 5.41) is 0. The second-order valence-corrected chi connectivity index (χ2v) is 3.99. The lowest BCUT2D eigenvalue weighted by Crippen LogP contribution is -2.37. The molecular formula is C11H11N3O2. The highest BCUT2D eigenvalue weighted by Gasteiger charge is 2.45. The molecule has 0 aliphatic carbocycles. The molecule has 5 nitrogen and oxygen atoms in total. The first-order valence-electron chi connectivity index (χ1n) is 5.30. The van der Waals surface area contributed by atoms with Crippen LogP contribution in [0.3, 0.4) is 0 Å². The van der Waals surface area contributed by atoms with Gasteiger partial charge in [-0.05, 0) is 18.6 Å². The molecular weight excluding hydrogens is 206 g/mol. The Balaban J connectivity index is 1.97. The van der Waals surface area contributed by atoms with E-state index in [2.05, 4.69) is 4.98 Å². The van der Waals surface area contributed by atoms with Crippen LogP contribution in [0.15, 0.2) is 24.4 Å². The van der Waals surface area contributed by atoms with Crippen molar-refractivity contribution in [1.82, 2.24) is 9.88 Å². The minimum absolute atomic E-state index is 0.0447. The monoisotopic (exact) mass is 217 g/mol. The molecule has 0 bridgehead atoms. The number of hydrogen-bond donors (Lipinski definition) is 0. The number of amides is 2. The molecule has 2 amide bonds. The lowest BCUT2D eigenvalue weighted by Gasteiger charge is -2.22. The zero-order valence-corrected chi connectivity index (χ0v) is 8.67. The molecule has 3 heterocycles. The van der Waals surface area contributed by atoms with Crippen molar-refractivity contribution in [3.63, 3.8) is 0 Å². The molecule has 0 saturated carbocycles. The summed E-state index contributed by atoms with van der Waals surface area (Å²) in [5.41, 5.74) is 0. The number of aromatic nitrogens is 1. The van der Waals surface area contributed by atoms with Crippen LogP contribution in [0.5, 0.6) is 0 Å². The van der Waals surface area contributed by atoms with Gasteiger partial charge in [-0.25, -0.2) is 4.98 Å². The number of anilines is 1. The zero-order chi connectivity index (χ0) is 11.1. The van der Waals surface area contributed by atoms with Crippen molar-refractivity contribution < 1.29 is 9.59 Å². The predicted molar refractivity (Wildman–Crippen MR) is 56.5 cm³/mol. The van der Waals surface area contributed by atoms with Gasteiger partial charge < -0.3 is 4.90 Å². The van der Waals surface area contributed by atoms with Crippen LogP contribution in [0, 0.1) is 0 Å². The van der Waals surface area contributed by atoms with Crippen molar-refractivity contribution in [2.75, 3.05) is 11.4 Å². The first kappa shape index (κ1) is 9.33. The Labute approximate surface area is 92.7 Å². The van der Waals surface area contributed by atoms with Gasteiger partial charge in [-0.2, -0.15) is 0 Å². The molecule has 1 unspecified atom stereocenters. The maximum Gasteiger partial charge on any atom is 0.249 e. The van der Waals surface area contributed by atoms with Crippen LogP contribution in [0.25, 0.3) is 0 Å². The molecule has 0 aromatic carbocycles. The van der Waals surface area contributed by atoms with Gasteiger partial charge in [0.25, 0.3) is 0 Å². The van der Waals surface area contributed by atoms with E-state index >= 15 is 0 Å². The van der Waals surface area contributed by atoms with E-state index in [9.17, 15) is 9.59 Å². The topological polar surface area (TPSA) is 53.5 Å². The van der Waals surface area contributed by atoms with Crippen LogP contribution in [-0.2, 0) is 9.59 Å². The Hall–Kier alpha value is -1.91. The normalized spacial score (nSPS) is 24.1. The highest BCUT2D eigenvalue weighted by molar-refractivity contribution is 6.01. The summed E-state index contributed by atoms with van der Waals surface area (Å²) in [7, 11) is 0. The summed E-state index contributed by atoms with van der Waals surface area (Å²) in [5.74, 6) is 0.656. The van der Waals surface area contributed by atoms with Crippen molar-refractivity contribution >= 4 is 17.6 Å². The Kier molecular flexibility index (Phi) is 1.92. The summed E-state index contributed by atoms with van der Waals surface area (Å²) in [6.07, 6.45) is 2.78. The number of hydrogen-bond acceptors (Lipinski definition) is 3. The highest BCUT2D eigenvalue weighted by atomic mass is 16.2. The van der Waals surface area contributed by atoms with Gasteiger partial charge in [-0.15, -0.1) is 0 Å². The van der Waals surface area contributed by atoms with E-state index < -0.39 is 0 Å². The average Bonchev–Trinajstić information content (AvgIpc) is 2.80. The fraction of sp³-hybridized carbons (Fsp3) is 0.364. The van der Waals surface area contributed by atoms with Gasteiger partial charge in [0.05, 0.1) is 0 Å². The van der Waals surface area contributed by atoms with E-state index in [1.165, 1.54) is 0 Å². The summed E-state index contributed by atoms with van der Waals surface area (Å²) < 4.78 is 0. The van der Waals surface area contributed by atoms with Crippen LogP contribution in [0.4, 0.5) is 5.82 Å². The van der Waals surface area contributed by atoms with E-state index in [0.29, 0.717) is 18.7 Å². The molecule has 0 spiro atoms. The number of rotatable bonds is 1. The second kappa shape index (κ2) is 3.30. The third-order valence-corrected chi connectivity index (χ3v) is 3.06. The average molecular weight is 217 g/mol. The number of fused-ring (bicyclic) bond motifs is 1. The van der Waals surface area contributed by atoms with Crippen molar-refractivity contribution in [2.45, 2.75) is 19.0 Å². The van der Waals surface area contributed by atoms with Crippen molar-refractivity contribution in [3.05, 3.63) is 24.4 Å². The quantitative estimate of drug-likeness (QED) is 0.683. The van der Waals surface area contributed by atoms with Gasteiger partial charge >= 0.3 is 0 Å². The van der Waals surface area contributed by atoms with Gasteiger partial charge in [0.15, 0.2) is 0 Å². The van der Waals surface area contributed by atoms with Crippen LogP contribution in [0.2, 0.25) is 0 Å². The summed E-state index contributed by atoms with van der Waals surface area (Å²) >= 11 is 0. The first-order valence-corrected chi connectivity index (χ1v) is 5.30. The molecule has 1 aromatic heterocycles. The molecule has 0 radical (unpaired) electrons. The highest BCUT2D eigenvalue weighted by Crippen LogP contribution is 2.30. The SMILES string of the molecule is O=C1CCC2N1CC(=O)N2c1ccccn1. The van der Waals surface area contributed by atoms with Gasteiger partial charge in [-0.1, -0.05) is 6.07 Å². The number of pyridine rings is 1. The molecule has 2 aliphatic heterocycles. The van der Waals surface area contributed by atoms with Gasteiger partial charge in [0.1, 0.15) is 18.5 Å². The standard InChI is InChI=1S/C11H11N3O2/c15-10-5-4-9-13(10)7-11(16)14(9)8-3-1-2-6-12-8/h1-3,6,9H,4-5,7H2. The van der Waals surface area contributed by atoms with Crippen LogP contribution >= 0.6 is 0 Å². The molecule has 1 aromatic rings. The molecule has 0 N–H and O–H groups in total. The zero-order valence-electron chi connectivity index (χ0n) is 8.67. The third-order valence-electron chi connectivity index (χ3n) is 3.06. The fourth-order valence-corrected chi connectivity index (χ4v) is 2.35. The maximum atomic E-state index is 11.8. The number of carbonyl (C=O) groups excluding carboxylic acids is 2. The van der Waals surface area contributed by atoms with Crippen LogP contribution < -0.4 is 4.90 Å². The smallest absolute Gasteiger partial charge is 0.249 e. The predicted octanol–water partition coefficient (Wildman–Crippen LogP) is 0.377. The summed E-state index contributed by atoms with van der Waals surface area (Å²) in [4.78, 5) is 30.8. The summed E-state index contributed by atoms with van der Waals surface area (Å²) in [6.45, 7) is 0.195. The Morgan fingerprint density at radius 3 is 2.88 bits per heavy atom. The molecule has 2 saturated heterocycles. The van der Waals surface area contributed by atoms with Crippen molar-refractivity contribution in [2.24, 2.45) is 0 Å². The minimum Gasteiger partial charge on any atom is -0.312 e. The fourth-order valence-electron chi connectivity index (χ4n) is 2.35.